The van der Waals surface area contributed by atoms with Gasteiger partial charge in [0.15, 0.2) is 5.13 Å². The van der Waals surface area contributed by atoms with Crippen LogP contribution in [0.3, 0.4) is 0 Å². The number of nitrogens with one attached hydrogen (secondary N) is 1. The highest BCUT2D eigenvalue weighted by molar-refractivity contribution is 7.22. The van der Waals surface area contributed by atoms with Gasteiger partial charge in [0, 0.05) is 25.5 Å². The summed E-state index contributed by atoms with van der Waals surface area (Å²) in [5, 5.41) is 3.27. The van der Waals surface area contributed by atoms with Crippen molar-refractivity contribution in [1.82, 2.24) is 9.97 Å². The molecule has 0 aliphatic heterocycles. The summed E-state index contributed by atoms with van der Waals surface area (Å²) in [4.78, 5) is 23.5. The molecule has 3 aromatic rings. The Morgan fingerprint density at radius 2 is 2.14 bits per heavy atom. The molecule has 28 heavy (non-hydrogen) atoms. The summed E-state index contributed by atoms with van der Waals surface area (Å²) >= 11 is 1.41. The van der Waals surface area contributed by atoms with Crippen LogP contribution in [-0.4, -0.2) is 21.9 Å². The number of anilines is 1. The maximum atomic E-state index is 11.2. The number of thiazole rings is 1. The third kappa shape index (κ3) is 5.24. The number of fused-ring (bicyclic) bond motifs is 1. The van der Waals surface area contributed by atoms with E-state index in [1.165, 1.54) is 18.3 Å². The van der Waals surface area contributed by atoms with Crippen molar-refractivity contribution < 1.29 is 9.53 Å². The molecule has 0 atom stereocenters. The summed E-state index contributed by atoms with van der Waals surface area (Å²) < 4.78 is 6.34. The number of aromatic nitrogens is 2. The molecule has 142 valence electrons. The van der Waals surface area contributed by atoms with Gasteiger partial charge < -0.3 is 15.8 Å². The number of hydrogen-bond acceptors (Lipinski definition) is 6. The summed E-state index contributed by atoms with van der Waals surface area (Å²) in [6.45, 7) is 5.83. The Balaban J connectivity index is 1.62. The van der Waals surface area contributed by atoms with Crippen molar-refractivity contribution in [2.45, 2.75) is 13.5 Å². The Morgan fingerprint density at radius 1 is 1.36 bits per heavy atom. The van der Waals surface area contributed by atoms with Gasteiger partial charge in [0.2, 0.25) is 5.91 Å². The van der Waals surface area contributed by atoms with E-state index < -0.39 is 0 Å². The number of benzene rings is 1. The number of hydrogen-bond donors (Lipinski definition) is 2. The molecule has 3 rings (SSSR count). The predicted octanol–water partition coefficient (Wildman–Crippen LogP) is 3.71. The fraction of sp³-hybridized carbons (Fsp3) is 0.100. The van der Waals surface area contributed by atoms with E-state index >= 15 is 0 Å². The minimum atomic E-state index is -0.145. The summed E-state index contributed by atoms with van der Waals surface area (Å²) in [6, 6.07) is 9.53. The van der Waals surface area contributed by atoms with Gasteiger partial charge in [0.25, 0.3) is 6.02 Å². The van der Waals surface area contributed by atoms with Crippen LogP contribution in [-0.2, 0) is 16.1 Å². The predicted molar refractivity (Wildman–Crippen MR) is 113 cm³/mol. The van der Waals surface area contributed by atoms with E-state index in [4.69, 9.17) is 10.5 Å². The lowest BCUT2D eigenvalue weighted by Gasteiger charge is -2.03. The van der Waals surface area contributed by atoms with E-state index in [0.29, 0.717) is 11.7 Å². The number of carbonyl (C=O) groups is 1. The topological polar surface area (TPSA) is 102 Å². The molecule has 2 heterocycles. The monoisotopic (exact) mass is 393 g/mol. The molecule has 1 aromatic carbocycles. The third-order valence-electron chi connectivity index (χ3n) is 3.66. The van der Waals surface area contributed by atoms with Crippen LogP contribution in [0.1, 0.15) is 18.1 Å². The number of aliphatic imine (C=N–C) groups is 1. The zero-order valence-electron chi connectivity index (χ0n) is 15.3. The zero-order valence-corrected chi connectivity index (χ0v) is 16.1. The lowest BCUT2D eigenvalue weighted by Crippen LogP contribution is -2.15. The highest BCUT2D eigenvalue weighted by Crippen LogP contribution is 2.28. The zero-order chi connectivity index (χ0) is 19.9. The number of amides is 1. The Morgan fingerprint density at radius 3 is 2.89 bits per heavy atom. The van der Waals surface area contributed by atoms with Gasteiger partial charge in [-0.2, -0.15) is 0 Å². The number of rotatable bonds is 6. The van der Waals surface area contributed by atoms with E-state index in [1.807, 2.05) is 30.3 Å². The standard InChI is InChI=1S/C20H19N5O2S/c1-13(5-10-23-19(21)27-12-15-6-8-22-9-7-15)16-3-4-17-18(11-16)28-20(25-17)24-14(2)26/h3-11H,1,12H2,2H3,(H2,21,23)(H,24,25,26)/b10-5-. The van der Waals surface area contributed by atoms with Gasteiger partial charge in [-0.1, -0.05) is 24.0 Å². The second kappa shape index (κ2) is 8.92. The minimum absolute atomic E-state index is 0.0683. The van der Waals surface area contributed by atoms with E-state index in [2.05, 4.69) is 26.9 Å². The third-order valence-corrected chi connectivity index (χ3v) is 4.59. The second-order valence-corrected chi connectivity index (χ2v) is 6.87. The van der Waals surface area contributed by atoms with Crippen LogP contribution in [0.5, 0.6) is 0 Å². The first-order valence-corrected chi connectivity index (χ1v) is 9.22. The van der Waals surface area contributed by atoms with E-state index in [0.717, 1.165) is 26.9 Å². The molecule has 3 N–H and O–H groups in total. The van der Waals surface area contributed by atoms with Crippen molar-refractivity contribution in [3.8, 4) is 0 Å². The Kier molecular flexibility index (Phi) is 6.13. The van der Waals surface area contributed by atoms with E-state index in [9.17, 15) is 4.79 Å². The Labute approximate surface area is 166 Å². The first kappa shape index (κ1) is 19.2. The molecule has 0 aliphatic carbocycles. The van der Waals surface area contributed by atoms with Crippen LogP contribution in [0, 0.1) is 0 Å². The summed E-state index contributed by atoms with van der Waals surface area (Å²) in [5.74, 6) is -0.145. The fourth-order valence-electron chi connectivity index (χ4n) is 2.30. The largest absolute Gasteiger partial charge is 0.460 e. The minimum Gasteiger partial charge on any atom is -0.460 e. The molecule has 0 unspecified atom stereocenters. The number of nitrogens with two attached hydrogens (primary N) is 1. The smallest absolute Gasteiger partial charge is 0.286 e. The number of ether oxygens (including phenoxy) is 1. The summed E-state index contributed by atoms with van der Waals surface area (Å²) in [7, 11) is 0. The Bertz CT molecular complexity index is 1060. The summed E-state index contributed by atoms with van der Waals surface area (Å²) in [5.41, 5.74) is 9.22. The van der Waals surface area contributed by atoms with Crippen molar-refractivity contribution in [2.24, 2.45) is 10.7 Å². The van der Waals surface area contributed by atoms with Gasteiger partial charge in [0.1, 0.15) is 6.61 Å². The molecule has 0 fully saturated rings. The molecule has 8 heteroatoms. The first-order chi connectivity index (χ1) is 13.5. The number of nitrogens with zero attached hydrogens (tertiary/aromatic N) is 3. The van der Waals surface area contributed by atoms with Crippen LogP contribution in [0.15, 0.2) is 66.6 Å². The van der Waals surface area contributed by atoms with Gasteiger partial charge in [-0.15, -0.1) is 0 Å². The molecule has 2 aromatic heterocycles. The van der Waals surface area contributed by atoms with Crippen LogP contribution < -0.4 is 11.1 Å². The average Bonchev–Trinajstić information content (AvgIpc) is 3.07. The maximum Gasteiger partial charge on any atom is 0.286 e. The lowest BCUT2D eigenvalue weighted by atomic mass is 10.1. The van der Waals surface area contributed by atoms with Gasteiger partial charge >= 0.3 is 0 Å². The van der Waals surface area contributed by atoms with Crippen molar-refractivity contribution in [1.29, 1.82) is 0 Å². The van der Waals surface area contributed by atoms with Gasteiger partial charge in [-0.05, 0) is 47.0 Å². The van der Waals surface area contributed by atoms with Crippen LogP contribution in [0.25, 0.3) is 15.8 Å². The van der Waals surface area contributed by atoms with E-state index in [1.54, 1.807) is 24.7 Å². The van der Waals surface area contributed by atoms with Crippen LogP contribution in [0.4, 0.5) is 5.13 Å². The lowest BCUT2D eigenvalue weighted by molar-refractivity contribution is -0.114. The van der Waals surface area contributed by atoms with Gasteiger partial charge in [-0.3, -0.25) is 9.78 Å². The molecule has 0 saturated heterocycles. The van der Waals surface area contributed by atoms with Crippen LogP contribution >= 0.6 is 11.3 Å². The fourth-order valence-corrected chi connectivity index (χ4v) is 3.25. The second-order valence-electron chi connectivity index (χ2n) is 5.84. The van der Waals surface area contributed by atoms with Crippen molar-refractivity contribution in [3.05, 3.63) is 72.7 Å². The number of allylic oxidation sites excluding steroid dienone is 2. The van der Waals surface area contributed by atoms with Crippen molar-refractivity contribution in [3.63, 3.8) is 0 Å². The quantitative estimate of drug-likeness (QED) is 0.378. The van der Waals surface area contributed by atoms with Gasteiger partial charge in [0.05, 0.1) is 10.2 Å². The molecule has 0 bridgehead atoms. The molecular formula is C20H19N5O2S. The van der Waals surface area contributed by atoms with E-state index in [-0.39, 0.29) is 11.9 Å². The molecule has 1 amide bonds. The first-order valence-electron chi connectivity index (χ1n) is 8.40. The number of carbonyl (C=O) groups excluding carboxylic acids is 1. The van der Waals surface area contributed by atoms with Crippen LogP contribution in [0.2, 0.25) is 0 Å². The molecule has 7 nitrogen and oxygen atoms in total. The normalized spacial score (nSPS) is 11.7. The SMILES string of the molecule is C=C(/C=C\N=C(N)OCc1ccncc1)c1ccc2nc(NC(C)=O)sc2c1. The van der Waals surface area contributed by atoms with Crippen molar-refractivity contribution >= 4 is 44.2 Å². The maximum absolute atomic E-state index is 11.2. The molecule has 0 radical (unpaired) electrons. The summed E-state index contributed by atoms with van der Waals surface area (Å²) in [6.07, 6.45) is 6.67. The number of amidine groups is 1. The Hall–Kier alpha value is -3.52. The highest BCUT2D eigenvalue weighted by atomic mass is 32.1. The molecule has 0 saturated carbocycles. The van der Waals surface area contributed by atoms with Crippen molar-refractivity contribution in [2.75, 3.05) is 5.32 Å². The highest BCUT2D eigenvalue weighted by Gasteiger charge is 2.06. The van der Waals surface area contributed by atoms with Gasteiger partial charge in [-0.25, -0.2) is 9.98 Å². The number of pyridine rings is 1. The average molecular weight is 393 g/mol. The molecular weight excluding hydrogens is 374 g/mol. The molecule has 0 aliphatic rings. The molecule has 0 spiro atoms.